The Morgan fingerprint density at radius 1 is 0.973 bits per heavy atom. The van der Waals surface area contributed by atoms with Crippen LogP contribution in [0.5, 0.6) is 5.75 Å². The van der Waals surface area contributed by atoms with Gasteiger partial charge in [0.05, 0.1) is 18.1 Å². The molecule has 2 rings (SSSR count). The van der Waals surface area contributed by atoms with Crippen LogP contribution < -0.4 is 14.6 Å². The highest BCUT2D eigenvalue weighted by atomic mass is 32.2. The van der Waals surface area contributed by atoms with Gasteiger partial charge in [0.25, 0.3) is 0 Å². The first-order valence-corrected chi connectivity index (χ1v) is 14.3. The Morgan fingerprint density at radius 2 is 1.54 bits per heavy atom. The van der Waals surface area contributed by atoms with E-state index in [4.69, 9.17) is 18.3 Å². The summed E-state index contributed by atoms with van der Waals surface area (Å²) < 4.78 is 61.2. The average molecular weight is 553 g/mol. The minimum absolute atomic E-state index is 0.00185. The van der Waals surface area contributed by atoms with Crippen LogP contribution in [0, 0.1) is 20.8 Å². The fourth-order valence-corrected chi connectivity index (χ4v) is 5.98. The van der Waals surface area contributed by atoms with Gasteiger partial charge in [-0.3, -0.25) is 9.05 Å². The van der Waals surface area contributed by atoms with E-state index in [1.807, 2.05) is 19.1 Å². The molecule has 2 N–H and O–H groups in total. The lowest BCUT2D eigenvalue weighted by molar-refractivity contribution is 0.140. The zero-order valence-electron chi connectivity index (χ0n) is 21.2. The Kier molecular flexibility index (Phi) is 11.5. The summed E-state index contributed by atoms with van der Waals surface area (Å²) in [5.41, 5.74) is 2.94. The molecule has 10 nitrogen and oxygen atoms in total. The van der Waals surface area contributed by atoms with Crippen LogP contribution in [0.4, 0.5) is 4.79 Å². The number of hydrogen-bond donors (Lipinski definition) is 2. The summed E-state index contributed by atoms with van der Waals surface area (Å²) in [4.78, 5) is 12.2. The second-order valence-electron chi connectivity index (χ2n) is 7.98. The van der Waals surface area contributed by atoms with Gasteiger partial charge < -0.3 is 14.6 Å². The van der Waals surface area contributed by atoms with E-state index in [1.54, 1.807) is 26.0 Å². The summed E-state index contributed by atoms with van der Waals surface area (Å²) >= 11 is 0. The number of alkyl carbamates (subject to hydrolysis) is 1. The average Bonchev–Trinajstić information content (AvgIpc) is 2.83. The Balaban J connectivity index is 1.80. The maximum Gasteiger partial charge on any atom is 0.530 e. The molecule has 2 aromatic carbocycles. The van der Waals surface area contributed by atoms with Crippen LogP contribution in [-0.2, 0) is 35.0 Å². The third-order valence-corrected chi connectivity index (χ3v) is 7.90. The van der Waals surface area contributed by atoms with E-state index in [2.05, 4.69) is 23.2 Å². The van der Waals surface area contributed by atoms with E-state index in [9.17, 15) is 17.8 Å². The first-order valence-electron chi connectivity index (χ1n) is 11.4. The van der Waals surface area contributed by atoms with E-state index in [0.29, 0.717) is 16.7 Å². The molecular weight excluding hydrogens is 519 g/mol. The number of carbonyl (C=O) groups is 1. The molecule has 0 heterocycles. The zero-order valence-corrected chi connectivity index (χ0v) is 22.9. The molecule has 0 atom stereocenters. The summed E-state index contributed by atoms with van der Waals surface area (Å²) in [5.74, 6) is 0.232. The van der Waals surface area contributed by atoms with Crippen LogP contribution in [0.1, 0.15) is 22.3 Å². The number of phosphoric ester groups is 1. The van der Waals surface area contributed by atoms with Gasteiger partial charge in [-0.05, 0) is 49.6 Å². The van der Waals surface area contributed by atoms with Gasteiger partial charge in [-0.1, -0.05) is 42.0 Å². The van der Waals surface area contributed by atoms with Gasteiger partial charge >= 0.3 is 13.9 Å². The van der Waals surface area contributed by atoms with Gasteiger partial charge in [0.2, 0.25) is 10.0 Å². The third kappa shape index (κ3) is 9.79. The number of hydrogen-bond acceptors (Lipinski definition) is 8. The Bertz CT molecular complexity index is 1210. The number of carbonyl (C=O) groups excluding carboxylic acids is 1. The van der Waals surface area contributed by atoms with Crippen LogP contribution in [0.25, 0.3) is 0 Å². The van der Waals surface area contributed by atoms with Crippen LogP contribution in [-0.4, -0.2) is 40.8 Å². The van der Waals surface area contributed by atoms with Gasteiger partial charge in [0.15, 0.2) is 0 Å². The molecule has 0 saturated heterocycles. The lowest BCUT2D eigenvalue weighted by atomic mass is 10.1. The van der Waals surface area contributed by atoms with E-state index in [1.165, 1.54) is 24.3 Å². The number of rotatable bonds is 15. The van der Waals surface area contributed by atoms with E-state index in [0.717, 1.165) is 5.56 Å². The van der Waals surface area contributed by atoms with Crippen molar-refractivity contribution in [3.63, 3.8) is 0 Å². The maximum absolute atomic E-state index is 12.7. The summed E-state index contributed by atoms with van der Waals surface area (Å²) in [5, 5.41) is 2.50. The second-order valence-corrected chi connectivity index (χ2v) is 11.3. The van der Waals surface area contributed by atoms with Gasteiger partial charge in [-0.2, -0.15) is 0 Å². The minimum Gasteiger partial charge on any atom is -0.445 e. The van der Waals surface area contributed by atoms with Gasteiger partial charge in [-0.25, -0.2) is 22.5 Å². The number of benzene rings is 2. The molecule has 0 bridgehead atoms. The topological polar surface area (TPSA) is 129 Å². The third-order valence-electron chi connectivity index (χ3n) is 4.77. The van der Waals surface area contributed by atoms with Crippen molar-refractivity contribution in [2.45, 2.75) is 32.3 Å². The number of phosphoric acid groups is 1. The Labute approximate surface area is 218 Å². The molecule has 202 valence electrons. The summed E-state index contributed by atoms with van der Waals surface area (Å²) in [6.45, 7) is 12.3. The number of aryl methyl sites for hydroxylation is 3. The molecule has 0 fully saturated rings. The van der Waals surface area contributed by atoms with Gasteiger partial charge in [0.1, 0.15) is 12.4 Å². The van der Waals surface area contributed by atoms with Crippen molar-refractivity contribution >= 4 is 23.9 Å². The highest BCUT2D eigenvalue weighted by Gasteiger charge is 2.27. The molecule has 0 aliphatic carbocycles. The lowest BCUT2D eigenvalue weighted by Crippen LogP contribution is -2.35. The SMILES string of the molecule is C=CCOP(=O)(OCC=C)Oc1ccc(COC(=O)NCCNS(=O)(=O)c2c(C)cc(C)cc2C)cc1. The fourth-order valence-electron chi connectivity index (χ4n) is 3.37. The summed E-state index contributed by atoms with van der Waals surface area (Å²) in [6.07, 6.45) is 2.13. The van der Waals surface area contributed by atoms with Crippen molar-refractivity contribution in [1.82, 2.24) is 10.0 Å². The summed E-state index contributed by atoms with van der Waals surface area (Å²) in [6, 6.07) is 9.91. The Hall–Kier alpha value is -2.95. The Morgan fingerprint density at radius 3 is 2.08 bits per heavy atom. The molecule has 0 saturated carbocycles. The number of amides is 1. The fraction of sp³-hybridized carbons (Fsp3) is 0.320. The molecule has 0 unspecified atom stereocenters. The molecule has 0 spiro atoms. The van der Waals surface area contributed by atoms with Gasteiger partial charge in [-0.15, -0.1) is 13.2 Å². The van der Waals surface area contributed by atoms with E-state index in [-0.39, 0.29) is 43.6 Å². The first kappa shape index (κ1) is 30.3. The van der Waals surface area contributed by atoms with Crippen LogP contribution >= 0.6 is 7.82 Å². The van der Waals surface area contributed by atoms with Crippen molar-refractivity contribution < 1.29 is 36.1 Å². The highest BCUT2D eigenvalue weighted by Crippen LogP contribution is 2.49. The van der Waals surface area contributed by atoms with Crippen molar-refractivity contribution in [3.8, 4) is 5.75 Å². The first-order chi connectivity index (χ1) is 17.5. The van der Waals surface area contributed by atoms with E-state index < -0.39 is 23.9 Å². The molecule has 37 heavy (non-hydrogen) atoms. The minimum atomic E-state index is -3.86. The van der Waals surface area contributed by atoms with Crippen LogP contribution in [0.3, 0.4) is 0 Å². The predicted octanol–water partition coefficient (Wildman–Crippen LogP) is 4.71. The summed E-state index contributed by atoms with van der Waals surface area (Å²) in [7, 11) is -7.58. The van der Waals surface area contributed by atoms with Crippen LogP contribution in [0.15, 0.2) is 66.6 Å². The largest absolute Gasteiger partial charge is 0.530 e. The lowest BCUT2D eigenvalue weighted by Gasteiger charge is -2.17. The van der Waals surface area contributed by atoms with Crippen molar-refractivity contribution in [3.05, 3.63) is 84.0 Å². The molecule has 2 aromatic rings. The smallest absolute Gasteiger partial charge is 0.445 e. The maximum atomic E-state index is 12.7. The molecule has 0 radical (unpaired) electrons. The molecule has 0 aromatic heterocycles. The van der Waals surface area contributed by atoms with Crippen molar-refractivity contribution in [2.75, 3.05) is 26.3 Å². The van der Waals surface area contributed by atoms with Crippen LogP contribution in [0.2, 0.25) is 0 Å². The van der Waals surface area contributed by atoms with Crippen molar-refractivity contribution in [2.24, 2.45) is 0 Å². The zero-order chi connectivity index (χ0) is 27.5. The molecule has 0 aliphatic heterocycles. The van der Waals surface area contributed by atoms with Crippen molar-refractivity contribution in [1.29, 1.82) is 0 Å². The second kappa shape index (κ2) is 14.1. The molecule has 1 amide bonds. The normalized spacial score (nSPS) is 11.5. The molecule has 0 aliphatic rings. The quantitative estimate of drug-likeness (QED) is 0.185. The van der Waals surface area contributed by atoms with Gasteiger partial charge in [0, 0.05) is 13.1 Å². The molecule has 12 heteroatoms. The number of sulfonamides is 1. The number of ether oxygens (including phenoxy) is 1. The number of nitrogens with one attached hydrogen (secondary N) is 2. The van der Waals surface area contributed by atoms with E-state index >= 15 is 0 Å². The highest BCUT2D eigenvalue weighted by molar-refractivity contribution is 7.89. The molecular formula is C25H33N2O8PS. The standard InChI is InChI=1S/C25H33N2O8PS/c1-6-14-33-36(29,34-15-7-2)35-23-10-8-22(9-11-23)18-32-25(28)26-12-13-27-37(30,31)24-20(4)16-19(3)17-21(24)5/h6-11,16-17,27H,1-2,12-15,18H2,3-5H3,(H,26,28). The monoisotopic (exact) mass is 552 g/mol. The predicted molar refractivity (Wildman–Crippen MR) is 141 cm³/mol.